The summed E-state index contributed by atoms with van der Waals surface area (Å²) in [6.45, 7) is -1.73. The standard InChI is InChI=1S/C23H22ClF7N7OP/c1-37(11-21(25,26)27)16-17(22(28,40)23(29,30)31)36-38(2)18(16)34-9-13(8-32)12-3-4-15(24)14(7-12)19(39)35-20(10-33)5-6-20/h3-4,7-9H,5-6,11,32,40H2,1-2H3,(H,35,39). The Bertz CT molecular complexity index is 1410. The number of rotatable bonds is 8. The first kappa shape index (κ1) is 31.2. The van der Waals surface area contributed by atoms with Crippen molar-refractivity contribution in [1.82, 2.24) is 15.1 Å². The lowest BCUT2D eigenvalue weighted by atomic mass is 10.0. The number of hydrogen-bond acceptors (Lipinski definition) is 6. The Kier molecular flexibility index (Phi) is 8.49. The number of nitrogens with one attached hydrogen (secondary N) is 1. The Balaban J connectivity index is 2.05. The van der Waals surface area contributed by atoms with Gasteiger partial charge in [0.2, 0.25) is 0 Å². The molecule has 0 saturated heterocycles. The number of aliphatic imine (C=N–C) groups is 1. The van der Waals surface area contributed by atoms with Gasteiger partial charge in [-0.15, -0.1) is 0 Å². The predicted molar refractivity (Wildman–Crippen MR) is 138 cm³/mol. The van der Waals surface area contributed by atoms with Gasteiger partial charge in [-0.05, 0) is 30.5 Å². The maximum atomic E-state index is 14.9. The van der Waals surface area contributed by atoms with Crippen LogP contribution in [0.1, 0.15) is 34.5 Å². The quantitative estimate of drug-likeness (QED) is 0.245. The Morgan fingerprint density at radius 3 is 2.45 bits per heavy atom. The summed E-state index contributed by atoms with van der Waals surface area (Å²) >= 11 is 6.15. The topological polar surface area (TPSA) is 112 Å². The third-order valence-corrected chi connectivity index (χ3v) is 6.84. The summed E-state index contributed by atoms with van der Waals surface area (Å²) < 4.78 is 95.5. The summed E-state index contributed by atoms with van der Waals surface area (Å²) in [6, 6.07) is 6.12. The second-order valence-corrected chi connectivity index (χ2v) is 10.3. The molecule has 0 radical (unpaired) electrons. The average Bonchev–Trinajstić information content (AvgIpc) is 3.52. The average molecular weight is 612 g/mol. The van der Waals surface area contributed by atoms with E-state index in [-0.39, 0.29) is 21.7 Å². The number of allylic oxidation sites excluding steroid dienone is 1. The number of nitriles is 1. The predicted octanol–water partition coefficient (Wildman–Crippen LogP) is 5.12. The molecule has 1 aromatic carbocycles. The molecule has 0 bridgehead atoms. The molecule has 8 nitrogen and oxygen atoms in total. The van der Waals surface area contributed by atoms with E-state index in [0.29, 0.717) is 22.4 Å². The number of nitrogens with two attached hydrogens (primary N) is 1. The molecule has 3 rings (SSSR count). The van der Waals surface area contributed by atoms with Crippen molar-refractivity contribution in [3.63, 3.8) is 0 Å². The van der Waals surface area contributed by atoms with Crippen molar-refractivity contribution in [3.05, 3.63) is 46.2 Å². The van der Waals surface area contributed by atoms with Gasteiger partial charge in [0.05, 0.1) is 16.7 Å². The zero-order valence-corrected chi connectivity index (χ0v) is 22.7. The van der Waals surface area contributed by atoms with Crippen molar-refractivity contribution in [1.29, 1.82) is 5.26 Å². The number of carbonyl (C=O) groups excluding carboxylic acids is 1. The Morgan fingerprint density at radius 2 is 1.95 bits per heavy atom. The van der Waals surface area contributed by atoms with Crippen LogP contribution in [0.25, 0.3) is 5.57 Å². The van der Waals surface area contributed by atoms with Gasteiger partial charge < -0.3 is 16.0 Å². The van der Waals surface area contributed by atoms with Crippen molar-refractivity contribution in [2.24, 2.45) is 17.8 Å². The van der Waals surface area contributed by atoms with Gasteiger partial charge in [-0.1, -0.05) is 26.9 Å². The van der Waals surface area contributed by atoms with E-state index in [1.54, 1.807) is 0 Å². The maximum Gasteiger partial charge on any atom is 0.431 e. The number of nitrogens with zero attached hydrogens (tertiary/aromatic N) is 5. The van der Waals surface area contributed by atoms with Gasteiger partial charge in [0.1, 0.15) is 23.5 Å². The molecule has 3 N–H and O–H groups in total. The molecule has 17 heteroatoms. The van der Waals surface area contributed by atoms with Gasteiger partial charge in [0.25, 0.3) is 11.3 Å². The highest BCUT2D eigenvalue weighted by Gasteiger charge is 2.57. The van der Waals surface area contributed by atoms with E-state index >= 15 is 0 Å². The first-order valence-corrected chi connectivity index (χ1v) is 12.2. The molecule has 1 heterocycles. The van der Waals surface area contributed by atoms with Gasteiger partial charge in [-0.3, -0.25) is 4.79 Å². The molecule has 1 fully saturated rings. The van der Waals surface area contributed by atoms with Crippen LogP contribution in [0.2, 0.25) is 5.02 Å². The number of aromatic nitrogens is 2. The largest absolute Gasteiger partial charge is 0.431 e. The molecule has 1 aromatic heterocycles. The first-order valence-electron chi connectivity index (χ1n) is 11.3. The summed E-state index contributed by atoms with van der Waals surface area (Å²) in [5.74, 6) is -1.18. The Morgan fingerprint density at radius 1 is 1.32 bits per heavy atom. The second kappa shape index (κ2) is 10.9. The third kappa shape index (κ3) is 6.50. The minimum atomic E-state index is -5.53. The molecular formula is C23H22ClF7N7OP. The fraction of sp³-hybridized carbons (Fsp3) is 0.391. The number of anilines is 1. The fourth-order valence-corrected chi connectivity index (χ4v) is 4.02. The molecule has 2 unspecified atom stereocenters. The van der Waals surface area contributed by atoms with Gasteiger partial charge in [-0.25, -0.2) is 14.1 Å². The van der Waals surface area contributed by atoms with E-state index in [4.69, 9.17) is 17.3 Å². The minimum Gasteiger partial charge on any atom is -0.404 e. The molecule has 1 aliphatic carbocycles. The summed E-state index contributed by atoms with van der Waals surface area (Å²) in [5.41, 5.74) is 2.81. The van der Waals surface area contributed by atoms with Crippen LogP contribution in [-0.4, -0.2) is 53.4 Å². The zero-order valence-electron chi connectivity index (χ0n) is 20.8. The smallest absolute Gasteiger partial charge is 0.404 e. The van der Waals surface area contributed by atoms with Crippen molar-refractivity contribution in [2.75, 3.05) is 18.5 Å². The SMILES string of the molecule is CN(CC(F)(F)F)c1c(C(F)(P)C(F)(F)F)nn(C)c1N=CC(=CN)c1ccc(Cl)c(C(=O)NC2(C#N)CC2)c1. The van der Waals surface area contributed by atoms with Crippen LogP contribution in [0.4, 0.5) is 42.2 Å². The van der Waals surface area contributed by atoms with E-state index < -0.39 is 53.0 Å². The highest BCUT2D eigenvalue weighted by Crippen LogP contribution is 2.52. The molecule has 216 valence electrons. The van der Waals surface area contributed by atoms with Crippen LogP contribution in [0.5, 0.6) is 0 Å². The molecule has 2 atom stereocenters. The first-order chi connectivity index (χ1) is 18.4. The third-order valence-electron chi connectivity index (χ3n) is 5.91. The minimum absolute atomic E-state index is 0.0164. The van der Waals surface area contributed by atoms with E-state index in [9.17, 15) is 40.8 Å². The van der Waals surface area contributed by atoms with E-state index in [1.165, 1.54) is 18.2 Å². The normalized spacial score (nSPS) is 16.9. The van der Waals surface area contributed by atoms with E-state index in [2.05, 4.69) is 15.4 Å². The fourth-order valence-electron chi connectivity index (χ4n) is 3.63. The highest BCUT2D eigenvalue weighted by atomic mass is 35.5. The lowest BCUT2D eigenvalue weighted by molar-refractivity contribution is -0.200. The van der Waals surface area contributed by atoms with E-state index in [1.807, 2.05) is 6.07 Å². The van der Waals surface area contributed by atoms with Gasteiger partial charge in [0, 0.05) is 32.1 Å². The maximum absolute atomic E-state index is 14.9. The monoisotopic (exact) mass is 611 g/mol. The number of alkyl halides is 7. The number of hydrogen-bond donors (Lipinski definition) is 2. The van der Waals surface area contributed by atoms with Gasteiger partial charge in [0.15, 0.2) is 5.82 Å². The van der Waals surface area contributed by atoms with Crippen LogP contribution in [-0.2, 0) is 12.5 Å². The molecule has 40 heavy (non-hydrogen) atoms. The summed E-state index contributed by atoms with van der Waals surface area (Å²) in [5, 5.41) is 11.2. The van der Waals surface area contributed by atoms with Crippen LogP contribution in [0.15, 0.2) is 29.4 Å². The number of halogens is 8. The number of benzene rings is 1. The van der Waals surface area contributed by atoms with Gasteiger partial charge in [-0.2, -0.15) is 36.7 Å². The highest BCUT2D eigenvalue weighted by molar-refractivity contribution is 7.18. The van der Waals surface area contributed by atoms with Crippen LogP contribution in [0.3, 0.4) is 0 Å². The van der Waals surface area contributed by atoms with Crippen molar-refractivity contribution in [3.8, 4) is 6.07 Å². The summed E-state index contributed by atoms with van der Waals surface area (Å²) in [7, 11) is 2.84. The van der Waals surface area contributed by atoms with Gasteiger partial charge >= 0.3 is 12.4 Å². The second-order valence-electron chi connectivity index (χ2n) is 9.05. The van der Waals surface area contributed by atoms with E-state index in [0.717, 1.165) is 35.7 Å². The summed E-state index contributed by atoms with van der Waals surface area (Å²) in [4.78, 5) is 17.1. The van der Waals surface area contributed by atoms with Crippen LogP contribution in [0, 0.1) is 11.3 Å². The zero-order chi connectivity index (χ0) is 30.3. The Hall–Kier alpha value is -3.37. The van der Waals surface area contributed by atoms with Crippen LogP contribution >= 0.6 is 20.8 Å². The number of aryl methyl sites for hydroxylation is 1. The molecule has 1 saturated carbocycles. The molecular weight excluding hydrogens is 590 g/mol. The van der Waals surface area contributed by atoms with Crippen molar-refractivity contribution >= 4 is 50.0 Å². The Labute approximate surface area is 230 Å². The molecule has 1 aliphatic rings. The number of carbonyl (C=O) groups is 1. The lowest BCUT2D eigenvalue weighted by Gasteiger charge is -2.26. The lowest BCUT2D eigenvalue weighted by Crippen LogP contribution is -2.36. The molecule has 0 aliphatic heterocycles. The van der Waals surface area contributed by atoms with Crippen molar-refractivity contribution in [2.45, 2.75) is 36.1 Å². The van der Waals surface area contributed by atoms with Crippen LogP contribution < -0.4 is 16.0 Å². The summed E-state index contributed by atoms with van der Waals surface area (Å²) in [6.07, 6.45) is -7.43. The van der Waals surface area contributed by atoms with Crippen molar-refractivity contribution < 1.29 is 35.5 Å². The molecule has 2 aromatic rings. The molecule has 0 spiro atoms. The molecule has 1 amide bonds. The number of amides is 1.